The fraction of sp³-hybridized carbons (Fsp3) is 0.633. The summed E-state index contributed by atoms with van der Waals surface area (Å²) in [7, 11) is 1.40. The van der Waals surface area contributed by atoms with E-state index in [1.165, 1.54) is 51.9 Å². The summed E-state index contributed by atoms with van der Waals surface area (Å²) in [5.74, 6) is 2.46. The minimum atomic E-state index is -0.243. The van der Waals surface area contributed by atoms with Crippen LogP contribution in [-0.2, 0) is 22.5 Å². The molecule has 1 aliphatic carbocycles. The topological polar surface area (TPSA) is 103 Å². The van der Waals surface area contributed by atoms with Crippen LogP contribution in [0.15, 0.2) is 22.8 Å². The smallest absolute Gasteiger partial charge is 0.305 e. The summed E-state index contributed by atoms with van der Waals surface area (Å²) in [4.78, 5) is 31.4. The molecule has 1 aromatic heterocycles. The molecular weight excluding hydrogens is 498 g/mol. The molecule has 0 spiro atoms. The van der Waals surface area contributed by atoms with E-state index in [1.54, 1.807) is 0 Å². The number of hydrogen-bond donors (Lipinski definition) is 1. The Bertz CT molecular complexity index is 1130. The fourth-order valence-corrected chi connectivity index (χ4v) is 6.13. The van der Waals surface area contributed by atoms with E-state index in [2.05, 4.69) is 15.2 Å². The largest absolute Gasteiger partial charge is 0.469 e. The number of carbonyl (C=O) groups excluding carboxylic acids is 2. The fourth-order valence-electron chi connectivity index (χ4n) is 6.13. The van der Waals surface area contributed by atoms with Crippen LogP contribution >= 0.6 is 0 Å². The minimum absolute atomic E-state index is 0.0130. The van der Waals surface area contributed by atoms with Gasteiger partial charge in [0.15, 0.2) is 17.2 Å². The Morgan fingerprint density at radius 2 is 1.85 bits per heavy atom. The lowest BCUT2D eigenvalue weighted by Crippen LogP contribution is -2.26. The van der Waals surface area contributed by atoms with Crippen molar-refractivity contribution in [1.29, 1.82) is 0 Å². The van der Waals surface area contributed by atoms with E-state index in [1.807, 2.05) is 12.1 Å². The number of oxazole rings is 1. The Kier molecular flexibility index (Phi) is 9.40. The van der Waals surface area contributed by atoms with Gasteiger partial charge < -0.3 is 23.9 Å². The van der Waals surface area contributed by atoms with Crippen LogP contribution in [-0.4, -0.2) is 48.8 Å². The van der Waals surface area contributed by atoms with E-state index in [4.69, 9.17) is 18.6 Å². The summed E-state index contributed by atoms with van der Waals surface area (Å²) in [6.45, 7) is 2.41. The first-order valence-corrected chi connectivity index (χ1v) is 14.6. The number of esters is 1. The van der Waals surface area contributed by atoms with Crippen molar-refractivity contribution in [3.05, 3.63) is 41.1 Å². The lowest BCUT2D eigenvalue weighted by Gasteiger charge is -2.23. The third-order valence-electron chi connectivity index (χ3n) is 8.35. The highest BCUT2D eigenvalue weighted by Crippen LogP contribution is 2.38. The molecule has 0 bridgehead atoms. The highest BCUT2D eigenvalue weighted by molar-refractivity contribution is 5.91. The number of ether oxygens (including phenoxy) is 3. The second-order valence-electron chi connectivity index (χ2n) is 11.0. The maximum absolute atomic E-state index is 12.7. The number of carbonyl (C=O) groups is 2. The number of methoxy groups -OCH3 is 1. The Labute approximate surface area is 230 Å². The lowest BCUT2D eigenvalue weighted by molar-refractivity contribution is -0.140. The molecule has 1 amide bonds. The first-order chi connectivity index (χ1) is 19.1. The van der Waals surface area contributed by atoms with Gasteiger partial charge in [0, 0.05) is 19.5 Å². The van der Waals surface area contributed by atoms with Gasteiger partial charge in [0.25, 0.3) is 5.91 Å². The molecule has 9 nitrogen and oxygen atoms in total. The number of fused-ring (bicyclic) bond motifs is 1. The van der Waals surface area contributed by atoms with Gasteiger partial charge in [-0.05, 0) is 61.4 Å². The first kappa shape index (κ1) is 27.5. The lowest BCUT2D eigenvalue weighted by atomic mass is 9.86. The number of rotatable bonds is 12. The van der Waals surface area contributed by atoms with Gasteiger partial charge in [0.05, 0.1) is 13.2 Å². The van der Waals surface area contributed by atoms with Crippen LogP contribution in [0.4, 0.5) is 0 Å². The van der Waals surface area contributed by atoms with Gasteiger partial charge in [-0.15, -0.1) is 0 Å². The maximum atomic E-state index is 12.7. The number of aryl methyl sites for hydroxylation is 1. The molecule has 3 heterocycles. The van der Waals surface area contributed by atoms with Gasteiger partial charge in [0.2, 0.25) is 12.7 Å². The Hall–Kier alpha value is -3.07. The van der Waals surface area contributed by atoms with Crippen molar-refractivity contribution in [2.75, 3.05) is 27.0 Å². The molecule has 1 N–H and O–H groups in total. The molecular formula is C30H41N3O6. The highest BCUT2D eigenvalue weighted by atomic mass is 16.7. The number of hydrogen-bond acceptors (Lipinski definition) is 8. The number of nitrogens with one attached hydrogen (secondary N) is 1. The SMILES string of the molecule is COC(=O)CCc1cc2c(cc1CN1CCC[C@@H]1c1nc(C(=O)NCCCCC3CCCCC3)co1)OCO2. The predicted molar refractivity (Wildman–Crippen MR) is 145 cm³/mol. The van der Waals surface area contributed by atoms with Gasteiger partial charge >= 0.3 is 5.97 Å². The predicted octanol–water partition coefficient (Wildman–Crippen LogP) is 5.33. The number of unbranched alkanes of at least 4 members (excludes halogenated alkanes) is 1. The van der Waals surface area contributed by atoms with Crippen LogP contribution in [0.1, 0.15) is 104 Å². The van der Waals surface area contributed by atoms with Gasteiger partial charge in [-0.2, -0.15) is 0 Å². The number of benzene rings is 1. The number of amides is 1. The summed E-state index contributed by atoms with van der Waals surface area (Å²) in [5, 5.41) is 3.01. The van der Waals surface area contributed by atoms with Crippen LogP contribution in [0, 0.1) is 5.92 Å². The van der Waals surface area contributed by atoms with Crippen LogP contribution < -0.4 is 14.8 Å². The summed E-state index contributed by atoms with van der Waals surface area (Å²) in [6, 6.07) is 3.96. The number of aromatic nitrogens is 1. The number of likely N-dealkylation sites (tertiary alicyclic amines) is 1. The molecule has 1 saturated carbocycles. The van der Waals surface area contributed by atoms with Crippen LogP contribution in [0.2, 0.25) is 0 Å². The Balaban J connectivity index is 1.16. The molecule has 2 aliphatic heterocycles. The zero-order chi connectivity index (χ0) is 27.0. The van der Waals surface area contributed by atoms with Crippen LogP contribution in [0.3, 0.4) is 0 Å². The third kappa shape index (κ3) is 7.12. The van der Waals surface area contributed by atoms with Crippen molar-refractivity contribution < 1.29 is 28.2 Å². The standard InChI is InChI=1S/C30H41N3O6/c1-36-28(34)13-12-22-16-26-27(39-20-38-26)17-23(22)18-33-15-7-11-25(33)30-32-24(19-37-30)29(35)31-14-6-5-10-21-8-3-2-4-9-21/h16-17,19,21,25H,2-15,18,20H2,1H3,(H,31,35)/t25-/m1/s1. The zero-order valence-electron chi connectivity index (χ0n) is 23.0. The average Bonchev–Trinajstić information content (AvgIpc) is 3.72. The quantitative estimate of drug-likeness (QED) is 0.285. The van der Waals surface area contributed by atoms with E-state index >= 15 is 0 Å². The molecule has 5 rings (SSSR count). The Morgan fingerprint density at radius 1 is 1.05 bits per heavy atom. The number of nitrogens with zero attached hydrogens (tertiary/aromatic N) is 2. The minimum Gasteiger partial charge on any atom is -0.469 e. The Morgan fingerprint density at radius 3 is 2.64 bits per heavy atom. The summed E-state index contributed by atoms with van der Waals surface area (Å²) >= 11 is 0. The maximum Gasteiger partial charge on any atom is 0.305 e. The first-order valence-electron chi connectivity index (χ1n) is 14.6. The van der Waals surface area contributed by atoms with Crippen molar-refractivity contribution in [1.82, 2.24) is 15.2 Å². The van der Waals surface area contributed by atoms with Crippen molar-refractivity contribution in [3.8, 4) is 11.5 Å². The second kappa shape index (κ2) is 13.3. The van der Waals surface area contributed by atoms with E-state index in [-0.39, 0.29) is 24.7 Å². The molecule has 0 unspecified atom stereocenters. The second-order valence-corrected chi connectivity index (χ2v) is 11.0. The molecule has 3 aliphatic rings. The normalized spacial score (nSPS) is 19.4. The summed E-state index contributed by atoms with van der Waals surface area (Å²) in [5.41, 5.74) is 2.45. The van der Waals surface area contributed by atoms with Crippen LogP contribution in [0.25, 0.3) is 0 Å². The zero-order valence-corrected chi connectivity index (χ0v) is 23.0. The van der Waals surface area contributed by atoms with Gasteiger partial charge in [-0.25, -0.2) is 4.98 Å². The monoisotopic (exact) mass is 539 g/mol. The van der Waals surface area contributed by atoms with Crippen molar-refractivity contribution in [2.45, 2.75) is 89.6 Å². The molecule has 1 atom stereocenters. The van der Waals surface area contributed by atoms with E-state index < -0.39 is 0 Å². The molecule has 212 valence electrons. The van der Waals surface area contributed by atoms with Crippen molar-refractivity contribution in [2.24, 2.45) is 5.92 Å². The van der Waals surface area contributed by atoms with Crippen molar-refractivity contribution in [3.63, 3.8) is 0 Å². The van der Waals surface area contributed by atoms with Crippen molar-refractivity contribution >= 4 is 11.9 Å². The molecule has 0 radical (unpaired) electrons. The molecule has 2 aromatic rings. The summed E-state index contributed by atoms with van der Waals surface area (Å²) < 4.78 is 21.8. The average molecular weight is 540 g/mol. The third-order valence-corrected chi connectivity index (χ3v) is 8.35. The molecule has 1 aromatic carbocycles. The van der Waals surface area contributed by atoms with E-state index in [0.717, 1.165) is 55.0 Å². The van der Waals surface area contributed by atoms with E-state index in [9.17, 15) is 9.59 Å². The molecule has 1 saturated heterocycles. The van der Waals surface area contributed by atoms with Crippen LogP contribution in [0.5, 0.6) is 11.5 Å². The molecule has 2 fully saturated rings. The highest BCUT2D eigenvalue weighted by Gasteiger charge is 2.31. The summed E-state index contributed by atoms with van der Waals surface area (Å²) in [6.07, 6.45) is 14.6. The van der Waals surface area contributed by atoms with Gasteiger partial charge in [0.1, 0.15) is 6.26 Å². The van der Waals surface area contributed by atoms with E-state index in [0.29, 0.717) is 43.3 Å². The van der Waals surface area contributed by atoms with Gasteiger partial charge in [-0.1, -0.05) is 44.9 Å². The molecule has 9 heteroatoms. The van der Waals surface area contributed by atoms with Gasteiger partial charge in [-0.3, -0.25) is 14.5 Å². The molecule has 39 heavy (non-hydrogen) atoms.